The highest BCUT2D eigenvalue weighted by atomic mass is 32.2. The minimum absolute atomic E-state index is 0.218. The molecule has 0 aliphatic carbocycles. The molecule has 0 saturated heterocycles. The summed E-state index contributed by atoms with van der Waals surface area (Å²) in [4.78, 5) is 29.1. The van der Waals surface area contributed by atoms with Crippen LogP contribution in [0.2, 0.25) is 0 Å². The number of para-hydroxylation sites is 1. The van der Waals surface area contributed by atoms with Gasteiger partial charge in [0.2, 0.25) is 6.79 Å². The summed E-state index contributed by atoms with van der Waals surface area (Å²) in [7, 11) is 5.95. The average Bonchev–Trinajstić information content (AvgIpc) is 3.38. The van der Waals surface area contributed by atoms with Crippen molar-refractivity contribution in [2.24, 2.45) is 0 Å². The lowest BCUT2D eigenvalue weighted by atomic mass is 10.1. The van der Waals surface area contributed by atoms with E-state index in [0.29, 0.717) is 11.0 Å². The predicted molar refractivity (Wildman–Crippen MR) is 154 cm³/mol. The van der Waals surface area contributed by atoms with Crippen molar-refractivity contribution >= 4 is 29.3 Å². The zero-order chi connectivity index (χ0) is 28.3. The number of carbonyl (C=O) groups excluding carboxylic acids is 2. The monoisotopic (exact) mass is 563 g/mol. The van der Waals surface area contributed by atoms with Gasteiger partial charge >= 0.3 is 5.97 Å². The zero-order valence-electron chi connectivity index (χ0n) is 23.3. The third-order valence-corrected chi connectivity index (χ3v) is 8.68. The summed E-state index contributed by atoms with van der Waals surface area (Å²) in [5.41, 5.74) is 2.91. The number of quaternary nitrogens is 1. The standard InChI is InChI=1S/C31H35N2O6S/c1-21(34)39-29-30(23-10-12-24(36-4)13-11-23)40-28-8-6-5-7-25(28)32(31(29)35)16-18-33(2,3)17-15-22-9-14-26-27(19-22)38-20-37-26/h5-14,19,29-30H,15-18,20H2,1-4H3/q+1/t29-,30+/m1/s1. The predicted octanol–water partition coefficient (Wildman–Crippen LogP) is 4.85. The van der Waals surface area contributed by atoms with Crippen LogP contribution in [0.1, 0.15) is 23.3 Å². The van der Waals surface area contributed by atoms with Crippen LogP contribution >= 0.6 is 11.8 Å². The lowest BCUT2D eigenvalue weighted by molar-refractivity contribution is -0.888. The maximum atomic E-state index is 14.1. The van der Waals surface area contributed by atoms with E-state index in [1.807, 2.05) is 60.7 Å². The SMILES string of the molecule is COc1ccc([C@@H]2Sc3ccccc3N(CC[N+](C)(C)CCc3ccc4c(c3)OCO4)C(=O)[C@@H]2OC(C)=O)cc1. The van der Waals surface area contributed by atoms with Crippen LogP contribution in [-0.2, 0) is 20.7 Å². The molecule has 40 heavy (non-hydrogen) atoms. The molecule has 0 radical (unpaired) electrons. The van der Waals surface area contributed by atoms with Crippen LogP contribution in [-0.4, -0.2) is 70.1 Å². The number of carbonyl (C=O) groups is 2. The van der Waals surface area contributed by atoms with Crippen LogP contribution in [0.15, 0.2) is 71.6 Å². The van der Waals surface area contributed by atoms with Crippen LogP contribution in [0.25, 0.3) is 0 Å². The number of methoxy groups -OCH3 is 1. The zero-order valence-corrected chi connectivity index (χ0v) is 24.1. The van der Waals surface area contributed by atoms with Crippen LogP contribution < -0.4 is 19.1 Å². The van der Waals surface area contributed by atoms with Gasteiger partial charge < -0.3 is 28.3 Å². The fourth-order valence-corrected chi connectivity index (χ4v) is 6.27. The van der Waals surface area contributed by atoms with Gasteiger partial charge in [0.25, 0.3) is 5.91 Å². The normalized spacial score (nSPS) is 18.2. The van der Waals surface area contributed by atoms with Gasteiger partial charge in [-0.05, 0) is 47.5 Å². The smallest absolute Gasteiger partial charge is 0.303 e. The Morgan fingerprint density at radius 3 is 2.52 bits per heavy atom. The minimum Gasteiger partial charge on any atom is -0.497 e. The molecule has 0 fully saturated rings. The molecule has 2 aliphatic rings. The number of benzene rings is 3. The van der Waals surface area contributed by atoms with Gasteiger partial charge in [-0.1, -0.05) is 30.3 Å². The first-order valence-electron chi connectivity index (χ1n) is 13.3. The topological polar surface area (TPSA) is 74.3 Å². The summed E-state index contributed by atoms with van der Waals surface area (Å²) in [6.07, 6.45) is -0.104. The number of esters is 1. The van der Waals surface area contributed by atoms with Crippen molar-refractivity contribution in [3.8, 4) is 17.2 Å². The lowest BCUT2D eigenvalue weighted by Crippen LogP contribution is -2.50. The first-order chi connectivity index (χ1) is 19.2. The van der Waals surface area contributed by atoms with Gasteiger partial charge in [-0.3, -0.25) is 9.59 Å². The van der Waals surface area contributed by atoms with Crippen molar-refractivity contribution < 1.29 is 33.0 Å². The van der Waals surface area contributed by atoms with E-state index in [0.717, 1.165) is 52.9 Å². The number of ether oxygens (including phenoxy) is 4. The van der Waals surface area contributed by atoms with E-state index in [-0.39, 0.29) is 12.7 Å². The number of rotatable bonds is 9. The molecule has 0 unspecified atom stereocenters. The Kier molecular flexibility index (Phi) is 8.23. The number of thioether (sulfide) groups is 1. The number of anilines is 1. The highest BCUT2D eigenvalue weighted by Crippen LogP contribution is 2.47. The number of amides is 1. The number of nitrogens with zero attached hydrogens (tertiary/aromatic N) is 2. The second-order valence-electron chi connectivity index (χ2n) is 10.6. The van der Waals surface area contributed by atoms with Crippen molar-refractivity contribution in [2.75, 3.05) is 52.5 Å². The average molecular weight is 564 g/mol. The van der Waals surface area contributed by atoms with Crippen molar-refractivity contribution in [1.82, 2.24) is 0 Å². The highest BCUT2D eigenvalue weighted by molar-refractivity contribution is 7.99. The first kappa shape index (κ1) is 27.9. The molecule has 3 aromatic rings. The lowest BCUT2D eigenvalue weighted by Gasteiger charge is -2.33. The molecule has 0 saturated carbocycles. The number of fused-ring (bicyclic) bond motifs is 2. The minimum atomic E-state index is -0.965. The fraction of sp³-hybridized carbons (Fsp3) is 0.355. The van der Waals surface area contributed by atoms with Crippen molar-refractivity contribution in [1.29, 1.82) is 0 Å². The van der Waals surface area contributed by atoms with Gasteiger partial charge in [0.1, 0.15) is 5.75 Å². The molecule has 0 spiro atoms. The van der Waals surface area contributed by atoms with E-state index >= 15 is 0 Å². The summed E-state index contributed by atoms with van der Waals surface area (Å²) < 4.78 is 22.7. The molecule has 0 N–H and O–H groups in total. The van der Waals surface area contributed by atoms with Gasteiger partial charge in [0, 0.05) is 18.2 Å². The third-order valence-electron chi connectivity index (χ3n) is 7.30. The Bertz CT molecular complexity index is 1380. The maximum Gasteiger partial charge on any atom is 0.303 e. The fourth-order valence-electron chi connectivity index (χ4n) is 4.95. The second-order valence-corrected chi connectivity index (χ2v) is 11.8. The molecule has 2 atom stereocenters. The quantitative estimate of drug-likeness (QED) is 0.272. The van der Waals surface area contributed by atoms with Gasteiger partial charge in [-0.25, -0.2) is 0 Å². The second kappa shape index (κ2) is 11.8. The third kappa shape index (κ3) is 6.21. The van der Waals surface area contributed by atoms with E-state index in [9.17, 15) is 9.59 Å². The summed E-state index contributed by atoms with van der Waals surface area (Å²) in [5.74, 6) is 1.59. The molecule has 3 aromatic carbocycles. The Balaban J connectivity index is 1.36. The maximum absolute atomic E-state index is 14.1. The number of hydrogen-bond donors (Lipinski definition) is 0. The summed E-state index contributed by atoms with van der Waals surface area (Å²) in [6.45, 7) is 3.69. The van der Waals surface area contributed by atoms with E-state index in [1.54, 1.807) is 23.8 Å². The van der Waals surface area contributed by atoms with E-state index < -0.39 is 17.3 Å². The van der Waals surface area contributed by atoms with E-state index in [4.69, 9.17) is 18.9 Å². The van der Waals surface area contributed by atoms with Crippen LogP contribution in [0, 0.1) is 0 Å². The van der Waals surface area contributed by atoms with Crippen LogP contribution in [0.4, 0.5) is 5.69 Å². The molecule has 9 heteroatoms. The van der Waals surface area contributed by atoms with Gasteiger partial charge in [0.15, 0.2) is 17.6 Å². The van der Waals surface area contributed by atoms with Crippen molar-refractivity contribution in [3.63, 3.8) is 0 Å². The van der Waals surface area contributed by atoms with Gasteiger partial charge in [0.05, 0.1) is 51.8 Å². The van der Waals surface area contributed by atoms with E-state index in [1.165, 1.54) is 12.5 Å². The highest BCUT2D eigenvalue weighted by Gasteiger charge is 2.41. The molecular formula is C31H35N2O6S+. The van der Waals surface area contributed by atoms with Crippen molar-refractivity contribution in [2.45, 2.75) is 29.6 Å². The number of likely N-dealkylation sites (N-methyl/N-ethyl adjacent to an activating group) is 1. The van der Waals surface area contributed by atoms with Crippen LogP contribution in [0.5, 0.6) is 17.2 Å². The molecular weight excluding hydrogens is 528 g/mol. The van der Waals surface area contributed by atoms with Crippen molar-refractivity contribution in [3.05, 3.63) is 77.9 Å². The molecule has 5 rings (SSSR count). The van der Waals surface area contributed by atoms with Gasteiger partial charge in [-0.2, -0.15) is 0 Å². The Morgan fingerprint density at radius 2 is 1.77 bits per heavy atom. The summed E-state index contributed by atoms with van der Waals surface area (Å²) >= 11 is 1.54. The van der Waals surface area contributed by atoms with E-state index in [2.05, 4.69) is 20.2 Å². The Morgan fingerprint density at radius 1 is 1.02 bits per heavy atom. The Labute approximate surface area is 239 Å². The van der Waals surface area contributed by atoms with Gasteiger partial charge in [-0.15, -0.1) is 11.8 Å². The van der Waals surface area contributed by atoms with Crippen LogP contribution in [0.3, 0.4) is 0 Å². The first-order valence-corrected chi connectivity index (χ1v) is 14.2. The molecule has 0 bridgehead atoms. The molecule has 2 aliphatic heterocycles. The molecule has 0 aromatic heterocycles. The Hall–Kier alpha value is -3.69. The largest absolute Gasteiger partial charge is 0.497 e. The number of hydrogen-bond acceptors (Lipinski definition) is 7. The summed E-state index contributed by atoms with van der Waals surface area (Å²) in [5, 5.41) is -0.401. The molecule has 1 amide bonds. The molecule has 8 nitrogen and oxygen atoms in total. The summed E-state index contributed by atoms with van der Waals surface area (Å²) in [6, 6.07) is 21.5. The molecule has 210 valence electrons. The molecule has 2 heterocycles.